The Hall–Kier alpha value is -1.98. The van der Waals surface area contributed by atoms with Crippen LogP contribution in [0.25, 0.3) is 0 Å². The second-order valence-corrected chi connectivity index (χ2v) is 6.64. The first-order valence-electron chi connectivity index (χ1n) is 8.62. The van der Waals surface area contributed by atoms with Crippen LogP contribution in [-0.2, 0) is 0 Å². The molecule has 1 aliphatic rings. The molecule has 3 rings (SSSR count). The number of hydrogen-bond donors (Lipinski definition) is 1. The van der Waals surface area contributed by atoms with Crippen LogP contribution in [-0.4, -0.2) is 52.9 Å². The number of piperidine rings is 1. The average Bonchev–Trinajstić information content (AvgIpc) is 2.63. The molecule has 2 heterocycles. The summed E-state index contributed by atoms with van der Waals surface area (Å²) in [6, 6.07) is 14.3. The van der Waals surface area contributed by atoms with Crippen LogP contribution < -0.4 is 4.90 Å². The van der Waals surface area contributed by atoms with Crippen LogP contribution in [0.4, 0.5) is 5.82 Å². The molecule has 1 aliphatic heterocycles. The van der Waals surface area contributed by atoms with Gasteiger partial charge in [-0.2, -0.15) is 5.10 Å². The number of anilines is 1. The molecule has 1 fully saturated rings. The third kappa shape index (κ3) is 4.10. The van der Waals surface area contributed by atoms with E-state index >= 15 is 0 Å². The molecule has 2 atom stereocenters. The van der Waals surface area contributed by atoms with Crippen molar-refractivity contribution in [1.82, 2.24) is 15.1 Å². The number of aliphatic hydroxyl groups excluding tert-OH is 1. The second-order valence-electron chi connectivity index (χ2n) is 6.64. The molecule has 128 valence electrons. The summed E-state index contributed by atoms with van der Waals surface area (Å²) in [4.78, 5) is 4.57. The number of aliphatic hydroxyl groups is 1. The van der Waals surface area contributed by atoms with Crippen LogP contribution in [0.2, 0.25) is 0 Å². The largest absolute Gasteiger partial charge is 0.387 e. The lowest BCUT2D eigenvalue weighted by atomic mass is 10.0. The lowest BCUT2D eigenvalue weighted by Gasteiger charge is -2.38. The fourth-order valence-electron chi connectivity index (χ4n) is 3.29. The summed E-state index contributed by atoms with van der Waals surface area (Å²) in [6.07, 6.45) is 1.82. The number of nitrogens with zero attached hydrogens (tertiary/aromatic N) is 4. The number of aromatic nitrogens is 2. The van der Waals surface area contributed by atoms with E-state index in [1.165, 1.54) is 0 Å². The van der Waals surface area contributed by atoms with Crippen molar-refractivity contribution >= 4 is 5.82 Å². The van der Waals surface area contributed by atoms with Crippen LogP contribution in [0.1, 0.15) is 30.2 Å². The predicted octanol–water partition coefficient (Wildman–Crippen LogP) is 2.42. The number of benzene rings is 1. The highest BCUT2D eigenvalue weighted by Gasteiger charge is 2.25. The van der Waals surface area contributed by atoms with Gasteiger partial charge in [-0.3, -0.25) is 4.90 Å². The SMILES string of the molecule is Cc1ccc(N2CCC[C@@H](N(C)C[C@@H](O)c3ccccc3)C2)nn1. The molecule has 2 aromatic rings. The lowest BCUT2D eigenvalue weighted by Crippen LogP contribution is -2.47. The number of likely N-dealkylation sites (N-methyl/N-ethyl adjacent to an activating group) is 1. The Balaban J connectivity index is 1.60. The zero-order valence-corrected chi connectivity index (χ0v) is 14.5. The van der Waals surface area contributed by atoms with E-state index in [0.29, 0.717) is 12.6 Å². The molecule has 0 amide bonds. The average molecular weight is 326 g/mol. The summed E-state index contributed by atoms with van der Waals surface area (Å²) < 4.78 is 0. The molecule has 24 heavy (non-hydrogen) atoms. The van der Waals surface area contributed by atoms with E-state index in [-0.39, 0.29) is 0 Å². The maximum Gasteiger partial charge on any atom is 0.151 e. The summed E-state index contributed by atoms with van der Waals surface area (Å²) in [7, 11) is 2.10. The highest BCUT2D eigenvalue weighted by atomic mass is 16.3. The summed E-state index contributed by atoms with van der Waals surface area (Å²) in [5, 5.41) is 18.9. The third-order valence-electron chi connectivity index (χ3n) is 4.77. The van der Waals surface area contributed by atoms with E-state index in [9.17, 15) is 5.11 Å². The molecule has 0 bridgehead atoms. The van der Waals surface area contributed by atoms with Gasteiger partial charge >= 0.3 is 0 Å². The van der Waals surface area contributed by atoms with Gasteiger partial charge in [-0.25, -0.2) is 0 Å². The molecule has 0 saturated carbocycles. The topological polar surface area (TPSA) is 52.5 Å². The quantitative estimate of drug-likeness (QED) is 0.914. The Bertz CT molecular complexity index is 632. The summed E-state index contributed by atoms with van der Waals surface area (Å²) >= 11 is 0. The number of hydrogen-bond acceptors (Lipinski definition) is 5. The first-order valence-corrected chi connectivity index (χ1v) is 8.62. The number of aryl methyl sites for hydroxylation is 1. The van der Waals surface area contributed by atoms with Gasteiger partial charge in [0.25, 0.3) is 0 Å². The highest BCUT2D eigenvalue weighted by Crippen LogP contribution is 2.22. The normalized spacial score (nSPS) is 19.5. The zero-order chi connectivity index (χ0) is 16.9. The lowest BCUT2D eigenvalue weighted by molar-refractivity contribution is 0.0986. The van der Waals surface area contributed by atoms with E-state index in [2.05, 4.69) is 27.0 Å². The van der Waals surface area contributed by atoms with Crippen molar-refractivity contribution in [1.29, 1.82) is 0 Å². The van der Waals surface area contributed by atoms with Crippen molar-refractivity contribution < 1.29 is 5.11 Å². The fourth-order valence-corrected chi connectivity index (χ4v) is 3.29. The minimum Gasteiger partial charge on any atom is -0.387 e. The molecule has 5 nitrogen and oxygen atoms in total. The molecule has 0 spiro atoms. The van der Waals surface area contributed by atoms with Crippen molar-refractivity contribution in [2.24, 2.45) is 0 Å². The smallest absolute Gasteiger partial charge is 0.151 e. The Morgan fingerprint density at radius 1 is 1.21 bits per heavy atom. The first kappa shape index (κ1) is 16.9. The second kappa shape index (κ2) is 7.73. The van der Waals surface area contributed by atoms with Gasteiger partial charge in [0, 0.05) is 25.7 Å². The van der Waals surface area contributed by atoms with E-state index in [1.807, 2.05) is 49.4 Å². The molecule has 0 unspecified atom stereocenters. The molecular formula is C19H26N4O. The standard InChI is InChI=1S/C19H26N4O/c1-15-10-11-19(21-20-15)23-12-6-9-17(13-23)22(2)14-18(24)16-7-4-3-5-8-16/h3-5,7-8,10-11,17-18,24H,6,9,12-14H2,1-2H3/t17-,18-/m1/s1. The minimum absolute atomic E-state index is 0.417. The molecule has 5 heteroatoms. The Morgan fingerprint density at radius 2 is 2.00 bits per heavy atom. The van der Waals surface area contributed by atoms with Crippen LogP contribution in [0.15, 0.2) is 42.5 Å². The molecule has 1 saturated heterocycles. The summed E-state index contributed by atoms with van der Waals surface area (Å²) in [6.45, 7) is 4.54. The van der Waals surface area contributed by atoms with Gasteiger partial charge in [0.2, 0.25) is 0 Å². The third-order valence-corrected chi connectivity index (χ3v) is 4.77. The summed E-state index contributed by atoms with van der Waals surface area (Å²) in [5.41, 5.74) is 1.91. The number of rotatable bonds is 5. The Labute approximate surface area is 143 Å². The van der Waals surface area contributed by atoms with Gasteiger partial charge in [-0.05, 0) is 44.5 Å². The van der Waals surface area contributed by atoms with Crippen LogP contribution in [0.3, 0.4) is 0 Å². The van der Waals surface area contributed by atoms with Gasteiger partial charge in [0.1, 0.15) is 0 Å². The molecule has 1 aromatic carbocycles. The van der Waals surface area contributed by atoms with Crippen molar-refractivity contribution in [3.8, 4) is 0 Å². The van der Waals surface area contributed by atoms with E-state index < -0.39 is 6.10 Å². The van der Waals surface area contributed by atoms with Gasteiger partial charge in [0.05, 0.1) is 11.8 Å². The van der Waals surface area contributed by atoms with Crippen LogP contribution in [0.5, 0.6) is 0 Å². The maximum atomic E-state index is 10.5. The molecule has 1 aromatic heterocycles. The van der Waals surface area contributed by atoms with E-state index in [1.54, 1.807) is 0 Å². The van der Waals surface area contributed by atoms with Gasteiger partial charge < -0.3 is 10.0 Å². The van der Waals surface area contributed by atoms with E-state index in [0.717, 1.165) is 43.0 Å². The zero-order valence-electron chi connectivity index (χ0n) is 14.5. The van der Waals surface area contributed by atoms with Crippen molar-refractivity contribution in [3.05, 3.63) is 53.7 Å². The molecule has 0 aliphatic carbocycles. The minimum atomic E-state index is -0.453. The van der Waals surface area contributed by atoms with Crippen LogP contribution >= 0.6 is 0 Å². The van der Waals surface area contributed by atoms with Gasteiger partial charge in [0.15, 0.2) is 5.82 Å². The first-order chi connectivity index (χ1) is 11.6. The Kier molecular flexibility index (Phi) is 5.43. The van der Waals surface area contributed by atoms with Crippen molar-refractivity contribution in [3.63, 3.8) is 0 Å². The fraction of sp³-hybridized carbons (Fsp3) is 0.474. The molecule has 0 radical (unpaired) electrons. The van der Waals surface area contributed by atoms with Gasteiger partial charge in [-0.15, -0.1) is 5.10 Å². The Morgan fingerprint density at radius 3 is 2.71 bits per heavy atom. The summed E-state index contributed by atoms with van der Waals surface area (Å²) in [5.74, 6) is 0.947. The van der Waals surface area contributed by atoms with Crippen LogP contribution in [0, 0.1) is 6.92 Å². The molecule has 1 N–H and O–H groups in total. The van der Waals surface area contributed by atoms with Crippen molar-refractivity contribution in [2.75, 3.05) is 31.6 Å². The van der Waals surface area contributed by atoms with Gasteiger partial charge in [-0.1, -0.05) is 30.3 Å². The van der Waals surface area contributed by atoms with Crippen molar-refractivity contribution in [2.45, 2.75) is 31.9 Å². The monoisotopic (exact) mass is 326 g/mol. The predicted molar refractivity (Wildman–Crippen MR) is 96.0 cm³/mol. The highest BCUT2D eigenvalue weighted by molar-refractivity contribution is 5.38. The van der Waals surface area contributed by atoms with E-state index in [4.69, 9.17) is 0 Å². The maximum absolute atomic E-state index is 10.5. The molecular weight excluding hydrogens is 300 g/mol.